The predicted octanol–water partition coefficient (Wildman–Crippen LogP) is 6.51. The number of hydrogen-bond donors (Lipinski definition) is 0. The lowest BCUT2D eigenvalue weighted by Crippen LogP contribution is -2.51. The molecule has 1 fully saturated rings. The van der Waals surface area contributed by atoms with Gasteiger partial charge in [0.15, 0.2) is 8.24 Å². The number of carbonyl (C=O) groups is 2. The Kier molecular flexibility index (Phi) is 8.18. The van der Waals surface area contributed by atoms with Crippen molar-refractivity contribution < 1.29 is 19.1 Å². The van der Waals surface area contributed by atoms with E-state index in [2.05, 4.69) is 75.1 Å². The molecule has 2 heterocycles. The van der Waals surface area contributed by atoms with E-state index in [0.717, 1.165) is 29.7 Å². The summed E-state index contributed by atoms with van der Waals surface area (Å²) in [6.07, 6.45) is 1.81. The molecule has 1 aliphatic rings. The molecule has 1 aliphatic heterocycles. The Morgan fingerprint density at radius 3 is 1.94 bits per heavy atom. The van der Waals surface area contributed by atoms with Crippen LogP contribution >= 0.6 is 0 Å². The minimum Gasteiger partial charge on any atom is -0.465 e. The highest BCUT2D eigenvalue weighted by Crippen LogP contribution is 2.45. The molecule has 0 radical (unpaired) electrons. The monoisotopic (exact) mass is 515 g/mol. The van der Waals surface area contributed by atoms with E-state index in [9.17, 15) is 9.59 Å². The Labute approximate surface area is 217 Å². The van der Waals surface area contributed by atoms with Gasteiger partial charge in [-0.1, -0.05) is 41.5 Å². The summed E-state index contributed by atoms with van der Waals surface area (Å²) < 4.78 is 13.2. The number of esters is 1. The number of ether oxygens (including phenoxy) is 2. The maximum atomic E-state index is 12.8. The van der Waals surface area contributed by atoms with Crippen molar-refractivity contribution in [2.75, 3.05) is 38.2 Å². The van der Waals surface area contributed by atoms with E-state index >= 15 is 0 Å². The van der Waals surface area contributed by atoms with Gasteiger partial charge in [0, 0.05) is 49.0 Å². The zero-order valence-electron chi connectivity index (χ0n) is 23.8. The van der Waals surface area contributed by atoms with Crippen LogP contribution in [-0.4, -0.2) is 68.3 Å². The fourth-order valence-corrected chi connectivity index (χ4v) is 12.9. The molecule has 0 bridgehead atoms. The van der Waals surface area contributed by atoms with Gasteiger partial charge < -0.3 is 23.5 Å². The minimum absolute atomic E-state index is 0.254. The first-order valence-corrected chi connectivity index (χ1v) is 15.4. The molecule has 0 saturated carbocycles. The molecule has 36 heavy (non-hydrogen) atoms. The van der Waals surface area contributed by atoms with Crippen LogP contribution < -0.4 is 4.90 Å². The SMILES string of the molecule is COC(=O)c1cn([Si](C(C)C)(C(C)C)C(C)C)c2cc(N3CCN(C(=O)OC(C)(C)C)CC3)ccc12. The number of benzene rings is 1. The van der Waals surface area contributed by atoms with Crippen LogP contribution in [0.4, 0.5) is 10.5 Å². The van der Waals surface area contributed by atoms with Crippen LogP contribution in [0.5, 0.6) is 0 Å². The molecule has 8 heteroatoms. The number of aromatic nitrogens is 1. The van der Waals surface area contributed by atoms with Crippen molar-refractivity contribution in [3.05, 3.63) is 30.0 Å². The third-order valence-corrected chi connectivity index (χ3v) is 14.4. The summed E-state index contributed by atoms with van der Waals surface area (Å²) in [4.78, 5) is 29.4. The Balaban J connectivity index is 2.04. The maximum Gasteiger partial charge on any atom is 0.410 e. The van der Waals surface area contributed by atoms with Crippen LogP contribution in [0.15, 0.2) is 24.4 Å². The number of anilines is 1. The first-order valence-electron chi connectivity index (χ1n) is 13.2. The number of fused-ring (bicyclic) bond motifs is 1. The van der Waals surface area contributed by atoms with Crippen molar-refractivity contribution in [3.63, 3.8) is 0 Å². The zero-order valence-corrected chi connectivity index (χ0v) is 24.8. The van der Waals surface area contributed by atoms with Crippen molar-refractivity contribution >= 4 is 36.9 Å². The number of piperazine rings is 1. The minimum atomic E-state index is -2.11. The van der Waals surface area contributed by atoms with E-state index in [4.69, 9.17) is 9.47 Å². The first kappa shape index (κ1) is 28.1. The molecule has 7 nitrogen and oxygen atoms in total. The van der Waals surface area contributed by atoms with Gasteiger partial charge in [0.05, 0.1) is 12.7 Å². The van der Waals surface area contributed by atoms with Crippen LogP contribution in [0.1, 0.15) is 72.7 Å². The van der Waals surface area contributed by atoms with Crippen LogP contribution in [0, 0.1) is 0 Å². The van der Waals surface area contributed by atoms with Gasteiger partial charge in [-0.05, 0) is 55.6 Å². The highest BCUT2D eigenvalue weighted by atomic mass is 28.3. The van der Waals surface area contributed by atoms with Crippen LogP contribution in [0.3, 0.4) is 0 Å². The van der Waals surface area contributed by atoms with Crippen molar-refractivity contribution in [2.24, 2.45) is 0 Å². The molecule has 1 aromatic carbocycles. The summed E-state index contributed by atoms with van der Waals surface area (Å²) in [6.45, 7) is 22.3. The Hall–Kier alpha value is -2.48. The Morgan fingerprint density at radius 1 is 0.917 bits per heavy atom. The fraction of sp³-hybridized carbons (Fsp3) is 0.643. The van der Waals surface area contributed by atoms with Gasteiger partial charge >= 0.3 is 12.1 Å². The molecular formula is C28H45N3O4Si. The van der Waals surface area contributed by atoms with E-state index in [1.807, 2.05) is 20.8 Å². The fourth-order valence-electron chi connectivity index (χ4n) is 6.31. The number of hydrogen-bond acceptors (Lipinski definition) is 5. The number of amides is 1. The zero-order chi connectivity index (χ0) is 27.0. The van der Waals surface area contributed by atoms with Gasteiger partial charge in [-0.2, -0.15) is 0 Å². The summed E-state index contributed by atoms with van der Waals surface area (Å²) in [5, 5.41) is 0.941. The lowest BCUT2D eigenvalue weighted by atomic mass is 10.1. The van der Waals surface area contributed by atoms with E-state index in [-0.39, 0.29) is 12.1 Å². The summed E-state index contributed by atoms with van der Waals surface area (Å²) in [5.74, 6) is -0.295. The van der Waals surface area contributed by atoms with Gasteiger partial charge in [-0.3, -0.25) is 0 Å². The average molecular weight is 516 g/mol. The van der Waals surface area contributed by atoms with Gasteiger partial charge in [-0.15, -0.1) is 0 Å². The standard InChI is InChI=1S/C28H45N3O4Si/c1-19(2)36(20(3)4,21(5)6)31-18-24(26(32)34-10)23-12-11-22(17-25(23)31)29-13-15-30(16-14-29)27(33)35-28(7,8)9/h11-12,17-21H,13-16H2,1-10H3. The lowest BCUT2D eigenvalue weighted by molar-refractivity contribution is 0.0240. The maximum absolute atomic E-state index is 12.8. The number of methoxy groups -OCH3 is 1. The smallest absolute Gasteiger partial charge is 0.410 e. The van der Waals surface area contributed by atoms with Crippen molar-refractivity contribution in [1.82, 2.24) is 9.13 Å². The van der Waals surface area contributed by atoms with E-state index in [0.29, 0.717) is 35.3 Å². The molecule has 3 rings (SSSR count). The summed E-state index contributed by atoms with van der Waals surface area (Å²) in [6, 6.07) is 6.39. The predicted molar refractivity (Wildman–Crippen MR) is 150 cm³/mol. The second kappa shape index (κ2) is 10.5. The first-order chi connectivity index (χ1) is 16.7. The Morgan fingerprint density at radius 2 is 1.47 bits per heavy atom. The third-order valence-electron chi connectivity index (χ3n) is 7.68. The van der Waals surface area contributed by atoms with Gasteiger partial charge in [0.1, 0.15) is 5.60 Å². The van der Waals surface area contributed by atoms with Gasteiger partial charge in [0.2, 0.25) is 0 Å². The van der Waals surface area contributed by atoms with Crippen LogP contribution in [0.25, 0.3) is 10.9 Å². The van der Waals surface area contributed by atoms with Gasteiger partial charge in [-0.25, -0.2) is 9.59 Å². The molecule has 0 unspecified atom stereocenters. The molecule has 1 saturated heterocycles. The summed E-state index contributed by atoms with van der Waals surface area (Å²) in [5.41, 5.74) is 3.81. The molecular weight excluding hydrogens is 470 g/mol. The topological polar surface area (TPSA) is 64.0 Å². The Bertz CT molecular complexity index is 1070. The number of nitrogens with zero attached hydrogens (tertiary/aromatic N) is 3. The average Bonchev–Trinajstić information content (AvgIpc) is 3.16. The lowest BCUT2D eigenvalue weighted by Gasteiger charge is -2.44. The third kappa shape index (κ3) is 5.15. The molecule has 0 atom stereocenters. The summed E-state index contributed by atoms with van der Waals surface area (Å²) >= 11 is 0. The molecule has 1 aromatic heterocycles. The normalized spacial score (nSPS) is 15.4. The second-order valence-corrected chi connectivity index (χ2v) is 17.6. The number of rotatable bonds is 6. The second-order valence-electron chi connectivity index (χ2n) is 11.9. The molecule has 0 aliphatic carbocycles. The molecule has 2 aromatic rings. The van der Waals surface area contributed by atoms with Crippen LogP contribution in [0.2, 0.25) is 16.6 Å². The molecule has 200 valence electrons. The number of carbonyl (C=O) groups excluding carboxylic acids is 2. The largest absolute Gasteiger partial charge is 0.465 e. The van der Waals surface area contributed by atoms with Crippen LogP contribution in [-0.2, 0) is 9.47 Å². The van der Waals surface area contributed by atoms with Crippen molar-refractivity contribution in [3.8, 4) is 0 Å². The molecule has 0 N–H and O–H groups in total. The van der Waals surface area contributed by atoms with Crippen molar-refractivity contribution in [2.45, 2.75) is 84.5 Å². The van der Waals surface area contributed by atoms with Gasteiger partial charge in [0.25, 0.3) is 0 Å². The summed E-state index contributed by atoms with van der Waals surface area (Å²) in [7, 11) is -0.660. The van der Waals surface area contributed by atoms with E-state index in [1.54, 1.807) is 4.90 Å². The molecule has 0 spiro atoms. The highest BCUT2D eigenvalue weighted by molar-refractivity contribution is 6.82. The van der Waals surface area contributed by atoms with Crippen molar-refractivity contribution in [1.29, 1.82) is 0 Å². The highest BCUT2D eigenvalue weighted by Gasteiger charge is 2.46. The van der Waals surface area contributed by atoms with E-state index < -0.39 is 13.8 Å². The molecule has 1 amide bonds. The quantitative estimate of drug-likeness (QED) is 0.324. The van der Waals surface area contributed by atoms with E-state index in [1.165, 1.54) is 7.11 Å².